The molecule has 0 unspecified atom stereocenters. The highest BCUT2D eigenvalue weighted by Gasteiger charge is 2.19. The second-order valence-electron chi connectivity index (χ2n) is 5.78. The van der Waals surface area contributed by atoms with Crippen molar-refractivity contribution in [1.82, 2.24) is 19.5 Å². The summed E-state index contributed by atoms with van der Waals surface area (Å²) in [6.45, 7) is 4.21. The lowest BCUT2D eigenvalue weighted by Crippen LogP contribution is -2.37. The summed E-state index contributed by atoms with van der Waals surface area (Å²) in [6, 6.07) is 4.01. The summed E-state index contributed by atoms with van der Waals surface area (Å²) in [5.41, 5.74) is 1.22. The maximum absolute atomic E-state index is 12.2. The number of nitrogens with zero attached hydrogens (tertiary/aromatic N) is 3. The van der Waals surface area contributed by atoms with E-state index in [0.29, 0.717) is 6.54 Å². The van der Waals surface area contributed by atoms with Gasteiger partial charge in [-0.15, -0.1) is 0 Å². The molecule has 8 heteroatoms. The van der Waals surface area contributed by atoms with Gasteiger partial charge < -0.3 is 4.90 Å². The number of hydrogen-bond acceptors (Lipinski definition) is 5. The molecule has 128 valence electrons. The van der Waals surface area contributed by atoms with Crippen molar-refractivity contribution in [3.63, 3.8) is 0 Å². The van der Waals surface area contributed by atoms with Gasteiger partial charge in [-0.1, -0.05) is 0 Å². The molecule has 1 fully saturated rings. The number of aromatic nitrogens is 1. The second-order valence-corrected chi connectivity index (χ2v) is 7.62. The minimum Gasteiger partial charge on any atom is -0.341 e. The zero-order valence-corrected chi connectivity index (χ0v) is 14.3. The van der Waals surface area contributed by atoms with E-state index >= 15 is 0 Å². The molecule has 2 rings (SSSR count). The minimum atomic E-state index is -3.24. The topological polar surface area (TPSA) is 82.6 Å². The summed E-state index contributed by atoms with van der Waals surface area (Å²) in [5, 5.41) is 0. The number of sulfonamides is 1. The van der Waals surface area contributed by atoms with Crippen LogP contribution in [0.5, 0.6) is 0 Å². The van der Waals surface area contributed by atoms with Gasteiger partial charge >= 0.3 is 0 Å². The maximum atomic E-state index is 12.2. The molecule has 0 aromatic carbocycles. The summed E-state index contributed by atoms with van der Waals surface area (Å²) in [7, 11) is -3.24. The first-order valence-corrected chi connectivity index (χ1v) is 9.67. The van der Waals surface area contributed by atoms with Crippen molar-refractivity contribution in [1.29, 1.82) is 0 Å². The fraction of sp³-hybridized carbons (Fsp3) is 0.600. The smallest absolute Gasteiger partial charge is 0.223 e. The van der Waals surface area contributed by atoms with Gasteiger partial charge in [0, 0.05) is 58.1 Å². The average Bonchev–Trinajstić information content (AvgIpc) is 2.72. The van der Waals surface area contributed by atoms with Crippen LogP contribution in [-0.2, 0) is 21.4 Å². The third-order valence-corrected chi connectivity index (χ3v) is 4.53. The van der Waals surface area contributed by atoms with E-state index in [1.54, 1.807) is 12.4 Å². The predicted molar refractivity (Wildman–Crippen MR) is 88.2 cm³/mol. The molecule has 1 aliphatic heterocycles. The van der Waals surface area contributed by atoms with Gasteiger partial charge in [0.25, 0.3) is 0 Å². The summed E-state index contributed by atoms with van der Waals surface area (Å²) >= 11 is 0. The number of hydrogen-bond donors (Lipinski definition) is 1. The molecule has 1 aromatic heterocycles. The monoisotopic (exact) mass is 340 g/mol. The van der Waals surface area contributed by atoms with Crippen molar-refractivity contribution in [2.24, 2.45) is 0 Å². The molecule has 0 saturated carbocycles. The largest absolute Gasteiger partial charge is 0.341 e. The molecule has 0 aliphatic carbocycles. The number of carbonyl (C=O) groups excluding carboxylic acids is 1. The molecule has 1 saturated heterocycles. The summed E-state index contributed by atoms with van der Waals surface area (Å²) in [6.07, 6.45) is 5.81. The first kappa shape index (κ1) is 17.8. The quantitative estimate of drug-likeness (QED) is 0.791. The molecule has 2 heterocycles. The van der Waals surface area contributed by atoms with E-state index in [-0.39, 0.29) is 18.9 Å². The fourth-order valence-corrected chi connectivity index (χ4v) is 3.10. The van der Waals surface area contributed by atoms with Crippen LogP contribution < -0.4 is 4.72 Å². The summed E-state index contributed by atoms with van der Waals surface area (Å²) in [5.74, 6) is 0.00640. The number of nitrogens with one attached hydrogen (secondary N) is 1. The SMILES string of the molecule is CS(=O)(=O)NCCC(=O)N1CCCN(Cc2ccncc2)CC1. The van der Waals surface area contributed by atoms with Crippen molar-refractivity contribution >= 4 is 15.9 Å². The summed E-state index contributed by atoms with van der Waals surface area (Å²) < 4.78 is 24.4. The second kappa shape index (κ2) is 8.37. The third kappa shape index (κ3) is 6.64. The lowest BCUT2D eigenvalue weighted by molar-refractivity contribution is -0.130. The molecule has 7 nitrogen and oxygen atoms in total. The first-order valence-electron chi connectivity index (χ1n) is 7.78. The van der Waals surface area contributed by atoms with Gasteiger partial charge in [0.05, 0.1) is 6.26 Å². The molecular formula is C15H24N4O3S. The van der Waals surface area contributed by atoms with Crippen LogP contribution in [0, 0.1) is 0 Å². The Balaban J connectivity index is 1.78. The highest BCUT2D eigenvalue weighted by atomic mass is 32.2. The molecule has 0 spiro atoms. The third-order valence-electron chi connectivity index (χ3n) is 3.80. The molecule has 1 aromatic rings. The minimum absolute atomic E-state index is 0.00640. The van der Waals surface area contributed by atoms with E-state index < -0.39 is 10.0 Å². The predicted octanol–water partition coefficient (Wildman–Crippen LogP) is 0.0552. The van der Waals surface area contributed by atoms with Crippen molar-refractivity contribution in [3.05, 3.63) is 30.1 Å². The lowest BCUT2D eigenvalue weighted by Gasteiger charge is -2.22. The Morgan fingerprint density at radius 3 is 2.65 bits per heavy atom. The summed E-state index contributed by atoms with van der Waals surface area (Å²) in [4.78, 5) is 20.3. The van der Waals surface area contributed by atoms with Crippen molar-refractivity contribution < 1.29 is 13.2 Å². The van der Waals surface area contributed by atoms with Crippen LogP contribution in [0.25, 0.3) is 0 Å². The average molecular weight is 340 g/mol. The Hall–Kier alpha value is -1.51. The Morgan fingerprint density at radius 1 is 1.22 bits per heavy atom. The van der Waals surface area contributed by atoms with Crippen LogP contribution in [0.4, 0.5) is 0 Å². The lowest BCUT2D eigenvalue weighted by atomic mass is 10.2. The van der Waals surface area contributed by atoms with Crippen molar-refractivity contribution in [2.75, 3.05) is 39.0 Å². The zero-order valence-electron chi connectivity index (χ0n) is 13.4. The molecule has 1 N–H and O–H groups in total. The Morgan fingerprint density at radius 2 is 1.96 bits per heavy atom. The molecule has 0 radical (unpaired) electrons. The number of pyridine rings is 1. The van der Waals surface area contributed by atoms with Crippen LogP contribution in [-0.4, -0.2) is 68.1 Å². The van der Waals surface area contributed by atoms with Crippen molar-refractivity contribution in [2.45, 2.75) is 19.4 Å². The number of rotatable bonds is 6. The van der Waals surface area contributed by atoms with E-state index in [0.717, 1.165) is 38.9 Å². The highest BCUT2D eigenvalue weighted by Crippen LogP contribution is 2.09. The van der Waals surface area contributed by atoms with Crippen molar-refractivity contribution in [3.8, 4) is 0 Å². The van der Waals surface area contributed by atoms with E-state index in [4.69, 9.17) is 0 Å². The van der Waals surface area contributed by atoms with Crippen LogP contribution >= 0.6 is 0 Å². The Kier molecular flexibility index (Phi) is 6.49. The van der Waals surface area contributed by atoms with Gasteiger partial charge in [-0.05, 0) is 24.1 Å². The van der Waals surface area contributed by atoms with Gasteiger partial charge in [0.1, 0.15) is 0 Å². The molecule has 1 aliphatic rings. The maximum Gasteiger partial charge on any atom is 0.223 e. The van der Waals surface area contributed by atoms with Gasteiger partial charge in [0.15, 0.2) is 0 Å². The highest BCUT2D eigenvalue weighted by molar-refractivity contribution is 7.88. The van der Waals surface area contributed by atoms with E-state index in [1.807, 2.05) is 17.0 Å². The number of carbonyl (C=O) groups is 1. The molecule has 0 bridgehead atoms. The molecule has 1 amide bonds. The van der Waals surface area contributed by atoms with E-state index in [9.17, 15) is 13.2 Å². The standard InChI is InChI=1S/C15H24N4O3S/c1-23(21,22)17-8-5-15(20)19-10-2-9-18(11-12-19)13-14-3-6-16-7-4-14/h3-4,6-7,17H,2,5,8-13H2,1H3. The Labute approximate surface area is 137 Å². The van der Waals surface area contributed by atoms with Gasteiger partial charge in [0.2, 0.25) is 15.9 Å². The van der Waals surface area contributed by atoms with Gasteiger partial charge in [-0.3, -0.25) is 14.7 Å². The van der Waals surface area contributed by atoms with Crippen LogP contribution in [0.3, 0.4) is 0 Å². The van der Waals surface area contributed by atoms with Gasteiger partial charge in [-0.2, -0.15) is 0 Å². The molecule has 23 heavy (non-hydrogen) atoms. The van der Waals surface area contributed by atoms with E-state index in [1.165, 1.54) is 5.56 Å². The molecule has 0 atom stereocenters. The normalized spacial score (nSPS) is 17.0. The van der Waals surface area contributed by atoms with Crippen LogP contribution in [0.2, 0.25) is 0 Å². The fourth-order valence-electron chi connectivity index (χ4n) is 2.63. The van der Waals surface area contributed by atoms with E-state index in [2.05, 4.69) is 14.6 Å². The number of amides is 1. The zero-order chi connectivity index (χ0) is 16.7. The molecular weight excluding hydrogens is 316 g/mol. The Bertz CT molecular complexity index is 606. The van der Waals surface area contributed by atoms with Crippen LogP contribution in [0.15, 0.2) is 24.5 Å². The van der Waals surface area contributed by atoms with Gasteiger partial charge in [-0.25, -0.2) is 13.1 Å². The van der Waals surface area contributed by atoms with Crippen LogP contribution in [0.1, 0.15) is 18.4 Å². The first-order chi connectivity index (χ1) is 10.9.